The molecule has 22 heavy (non-hydrogen) atoms. The highest BCUT2D eigenvalue weighted by Crippen LogP contribution is 2.45. The van der Waals surface area contributed by atoms with Crippen molar-refractivity contribution < 1.29 is 4.79 Å². The average Bonchev–Trinajstić information content (AvgIpc) is 3.36. The van der Waals surface area contributed by atoms with Gasteiger partial charge in [-0.3, -0.25) is 9.78 Å². The van der Waals surface area contributed by atoms with Gasteiger partial charge in [0.15, 0.2) is 0 Å². The lowest BCUT2D eigenvalue weighted by Crippen LogP contribution is -2.35. The molecule has 1 aliphatic rings. The smallest absolute Gasteiger partial charge is 0.254 e. The largest absolute Gasteiger partial charge is 0.342 e. The summed E-state index contributed by atoms with van der Waals surface area (Å²) < 4.78 is 0. The highest BCUT2D eigenvalue weighted by Gasteiger charge is 2.45. The third kappa shape index (κ3) is 2.11. The molecule has 2 heterocycles. The van der Waals surface area contributed by atoms with E-state index in [-0.39, 0.29) is 11.4 Å². The van der Waals surface area contributed by atoms with Crippen molar-refractivity contribution in [3.8, 4) is 0 Å². The average molecular weight is 290 g/mol. The molecule has 1 aromatic carbocycles. The van der Waals surface area contributed by atoms with Gasteiger partial charge in [0, 0.05) is 24.0 Å². The van der Waals surface area contributed by atoms with Crippen molar-refractivity contribution in [2.24, 2.45) is 0 Å². The standard InChI is InChI=1S/C17H14N4O/c22-16(14-3-1-2-12-10-19-11-20-15(12)14)21-17(6-7-17)13-4-8-18-9-5-13/h1-5,8-11H,6-7H2,(H,21,22). The maximum absolute atomic E-state index is 12.7. The number of nitrogens with one attached hydrogen (secondary N) is 1. The van der Waals surface area contributed by atoms with Gasteiger partial charge < -0.3 is 5.32 Å². The number of aromatic nitrogens is 3. The minimum Gasteiger partial charge on any atom is -0.342 e. The van der Waals surface area contributed by atoms with Gasteiger partial charge in [0.2, 0.25) is 0 Å². The lowest BCUT2D eigenvalue weighted by atomic mass is 10.0. The number of rotatable bonds is 3. The number of hydrogen-bond donors (Lipinski definition) is 1. The maximum atomic E-state index is 12.7. The molecule has 0 bridgehead atoms. The van der Waals surface area contributed by atoms with Crippen LogP contribution in [0, 0.1) is 0 Å². The Kier molecular flexibility index (Phi) is 2.85. The normalized spacial score (nSPS) is 15.5. The molecule has 108 valence electrons. The second kappa shape index (κ2) is 4.87. The van der Waals surface area contributed by atoms with Gasteiger partial charge in [-0.15, -0.1) is 0 Å². The first-order valence-electron chi connectivity index (χ1n) is 7.20. The van der Waals surface area contributed by atoms with E-state index in [9.17, 15) is 4.79 Å². The number of carbonyl (C=O) groups is 1. The predicted octanol–water partition coefficient (Wildman–Crippen LogP) is 2.44. The fourth-order valence-corrected chi connectivity index (χ4v) is 2.76. The first kappa shape index (κ1) is 12.9. The Balaban J connectivity index is 1.68. The first-order chi connectivity index (χ1) is 10.8. The summed E-state index contributed by atoms with van der Waals surface area (Å²) in [6, 6.07) is 9.47. The molecule has 0 aliphatic heterocycles. The number of amides is 1. The minimum absolute atomic E-state index is 0.0985. The Morgan fingerprint density at radius 1 is 1.09 bits per heavy atom. The van der Waals surface area contributed by atoms with Crippen molar-refractivity contribution in [3.63, 3.8) is 0 Å². The van der Waals surface area contributed by atoms with E-state index in [2.05, 4.69) is 20.3 Å². The van der Waals surface area contributed by atoms with Gasteiger partial charge in [-0.1, -0.05) is 12.1 Å². The molecule has 3 aromatic rings. The zero-order chi connectivity index (χ0) is 15.0. The van der Waals surface area contributed by atoms with E-state index in [1.807, 2.05) is 24.3 Å². The van der Waals surface area contributed by atoms with Crippen LogP contribution in [0.4, 0.5) is 0 Å². The van der Waals surface area contributed by atoms with Crippen LogP contribution < -0.4 is 5.32 Å². The lowest BCUT2D eigenvalue weighted by molar-refractivity contribution is 0.0932. The molecular formula is C17H14N4O. The molecule has 0 radical (unpaired) electrons. The van der Waals surface area contributed by atoms with E-state index < -0.39 is 0 Å². The number of para-hydroxylation sites is 1. The van der Waals surface area contributed by atoms with Crippen LogP contribution >= 0.6 is 0 Å². The summed E-state index contributed by atoms with van der Waals surface area (Å²) in [6.07, 6.45) is 8.59. The lowest BCUT2D eigenvalue weighted by Gasteiger charge is -2.18. The SMILES string of the molecule is O=C(NC1(c2ccncc2)CC1)c1cccc2cncnc12. The van der Waals surface area contributed by atoms with E-state index in [4.69, 9.17) is 0 Å². The van der Waals surface area contributed by atoms with Gasteiger partial charge in [-0.25, -0.2) is 9.97 Å². The second-order valence-electron chi connectivity index (χ2n) is 5.54. The Morgan fingerprint density at radius 3 is 2.68 bits per heavy atom. The van der Waals surface area contributed by atoms with E-state index in [1.165, 1.54) is 6.33 Å². The molecule has 2 aromatic heterocycles. The summed E-state index contributed by atoms with van der Waals surface area (Å²) in [5.74, 6) is -0.0985. The summed E-state index contributed by atoms with van der Waals surface area (Å²) in [5.41, 5.74) is 2.11. The Bertz CT molecular complexity index is 838. The monoisotopic (exact) mass is 290 g/mol. The van der Waals surface area contributed by atoms with Crippen LogP contribution in [0.1, 0.15) is 28.8 Å². The van der Waals surface area contributed by atoms with Crippen molar-refractivity contribution in [2.75, 3.05) is 0 Å². The molecule has 0 atom stereocenters. The zero-order valence-corrected chi connectivity index (χ0v) is 11.9. The fraction of sp³-hybridized carbons (Fsp3) is 0.176. The Labute approximate surface area is 127 Å². The fourth-order valence-electron chi connectivity index (χ4n) is 2.76. The highest BCUT2D eigenvalue weighted by atomic mass is 16.1. The van der Waals surface area contributed by atoms with Gasteiger partial charge in [0.1, 0.15) is 6.33 Å². The summed E-state index contributed by atoms with van der Waals surface area (Å²) in [5, 5.41) is 4.03. The molecule has 4 rings (SSSR count). The van der Waals surface area contributed by atoms with E-state index in [0.717, 1.165) is 23.8 Å². The van der Waals surface area contributed by atoms with E-state index in [1.54, 1.807) is 24.7 Å². The molecular weight excluding hydrogens is 276 g/mol. The molecule has 0 saturated heterocycles. The molecule has 1 saturated carbocycles. The molecule has 5 heteroatoms. The van der Waals surface area contributed by atoms with Crippen molar-refractivity contribution in [1.29, 1.82) is 0 Å². The number of nitrogens with zero attached hydrogens (tertiary/aromatic N) is 3. The number of hydrogen-bond acceptors (Lipinski definition) is 4. The molecule has 5 nitrogen and oxygen atoms in total. The van der Waals surface area contributed by atoms with Crippen LogP contribution in [0.25, 0.3) is 10.9 Å². The van der Waals surface area contributed by atoms with Crippen molar-refractivity contribution in [3.05, 3.63) is 66.4 Å². The Morgan fingerprint density at radius 2 is 1.91 bits per heavy atom. The summed E-state index contributed by atoms with van der Waals surface area (Å²) >= 11 is 0. The van der Waals surface area contributed by atoms with E-state index in [0.29, 0.717) is 11.1 Å². The number of fused-ring (bicyclic) bond motifs is 1. The van der Waals surface area contributed by atoms with E-state index >= 15 is 0 Å². The van der Waals surface area contributed by atoms with Gasteiger partial charge in [0.05, 0.1) is 16.6 Å². The summed E-state index contributed by atoms with van der Waals surface area (Å²) in [7, 11) is 0. The van der Waals surface area contributed by atoms with Gasteiger partial charge in [-0.05, 0) is 36.6 Å². The molecule has 1 fully saturated rings. The van der Waals surface area contributed by atoms with Crippen molar-refractivity contribution >= 4 is 16.8 Å². The number of benzene rings is 1. The molecule has 0 spiro atoms. The first-order valence-corrected chi connectivity index (χ1v) is 7.20. The zero-order valence-electron chi connectivity index (χ0n) is 11.9. The quantitative estimate of drug-likeness (QED) is 0.804. The topological polar surface area (TPSA) is 67.8 Å². The molecule has 1 N–H and O–H groups in total. The molecule has 1 aliphatic carbocycles. The third-order valence-corrected chi connectivity index (χ3v) is 4.11. The minimum atomic E-state index is -0.255. The number of carbonyl (C=O) groups excluding carboxylic acids is 1. The van der Waals surface area contributed by atoms with Crippen LogP contribution in [-0.4, -0.2) is 20.9 Å². The summed E-state index contributed by atoms with van der Waals surface area (Å²) in [4.78, 5) is 25.0. The maximum Gasteiger partial charge on any atom is 0.254 e. The van der Waals surface area contributed by atoms with Crippen LogP contribution in [0.2, 0.25) is 0 Å². The van der Waals surface area contributed by atoms with Crippen LogP contribution in [0.15, 0.2) is 55.2 Å². The highest BCUT2D eigenvalue weighted by molar-refractivity contribution is 6.05. The molecule has 0 unspecified atom stereocenters. The van der Waals surface area contributed by atoms with Gasteiger partial charge in [0.25, 0.3) is 5.91 Å². The van der Waals surface area contributed by atoms with Crippen molar-refractivity contribution in [1.82, 2.24) is 20.3 Å². The second-order valence-corrected chi connectivity index (χ2v) is 5.54. The van der Waals surface area contributed by atoms with Crippen LogP contribution in [0.5, 0.6) is 0 Å². The van der Waals surface area contributed by atoms with Crippen LogP contribution in [-0.2, 0) is 5.54 Å². The van der Waals surface area contributed by atoms with Gasteiger partial charge in [-0.2, -0.15) is 0 Å². The predicted molar refractivity (Wildman–Crippen MR) is 82.2 cm³/mol. The Hall–Kier alpha value is -2.82. The summed E-state index contributed by atoms with van der Waals surface area (Å²) in [6.45, 7) is 0. The van der Waals surface area contributed by atoms with Crippen LogP contribution in [0.3, 0.4) is 0 Å². The number of pyridine rings is 1. The van der Waals surface area contributed by atoms with Gasteiger partial charge >= 0.3 is 0 Å². The van der Waals surface area contributed by atoms with Crippen molar-refractivity contribution in [2.45, 2.75) is 18.4 Å². The molecule has 1 amide bonds. The third-order valence-electron chi connectivity index (χ3n) is 4.11.